The Labute approximate surface area is 111 Å². The van der Waals surface area contributed by atoms with Crippen molar-refractivity contribution < 1.29 is 9.90 Å². The van der Waals surface area contributed by atoms with E-state index in [0.717, 1.165) is 5.56 Å². The third-order valence-electron chi connectivity index (χ3n) is 3.10. The Morgan fingerprint density at radius 2 is 2.06 bits per heavy atom. The van der Waals surface area contributed by atoms with Gasteiger partial charge in [-0.2, -0.15) is 0 Å². The molecule has 0 bridgehead atoms. The molecule has 0 aromatic heterocycles. The Morgan fingerprint density at radius 1 is 1.47 bits per heavy atom. The number of benzene rings is 1. The van der Waals surface area contributed by atoms with Crippen LogP contribution in [0, 0.1) is 0 Å². The van der Waals surface area contributed by atoms with Gasteiger partial charge in [-0.15, -0.1) is 0 Å². The highest BCUT2D eigenvalue weighted by Gasteiger charge is 2.33. The largest absolute Gasteiger partial charge is 0.481 e. The molecule has 1 aromatic carbocycles. The maximum absolute atomic E-state index is 10.9. The van der Waals surface area contributed by atoms with Gasteiger partial charge in [0.15, 0.2) is 0 Å². The maximum Gasteiger partial charge on any atom is 0.304 e. The van der Waals surface area contributed by atoms with Crippen LogP contribution in [0.5, 0.6) is 0 Å². The Morgan fingerprint density at radius 3 is 2.47 bits per heavy atom. The normalized spacial score (nSPS) is 16.3. The molecule has 0 spiro atoms. The first-order valence-corrected chi connectivity index (χ1v) is 5.96. The molecule has 5 heteroatoms. The second-order valence-electron chi connectivity index (χ2n) is 4.41. The van der Waals surface area contributed by atoms with Crippen molar-refractivity contribution in [2.75, 3.05) is 0 Å². The van der Waals surface area contributed by atoms with Gasteiger partial charge >= 0.3 is 5.97 Å². The first-order chi connectivity index (χ1) is 7.77. The van der Waals surface area contributed by atoms with E-state index in [1.807, 2.05) is 6.92 Å². The lowest BCUT2D eigenvalue weighted by molar-refractivity contribution is -0.138. The second kappa shape index (κ2) is 5.25. The van der Waals surface area contributed by atoms with Crippen molar-refractivity contribution in [3.63, 3.8) is 0 Å². The quantitative estimate of drug-likeness (QED) is 0.888. The number of carbonyl (C=O) groups is 1. The van der Waals surface area contributed by atoms with Gasteiger partial charge in [0, 0.05) is 11.5 Å². The Kier molecular flexibility index (Phi) is 4.42. The van der Waals surface area contributed by atoms with E-state index in [4.69, 9.17) is 34.0 Å². The van der Waals surface area contributed by atoms with E-state index in [1.54, 1.807) is 25.1 Å². The van der Waals surface area contributed by atoms with Gasteiger partial charge in [0.2, 0.25) is 0 Å². The van der Waals surface area contributed by atoms with Crippen LogP contribution in [-0.4, -0.2) is 17.1 Å². The minimum Gasteiger partial charge on any atom is -0.481 e. The lowest BCUT2D eigenvalue weighted by Gasteiger charge is -2.32. The minimum atomic E-state index is -0.893. The summed E-state index contributed by atoms with van der Waals surface area (Å²) in [5.41, 5.74) is 6.02. The van der Waals surface area contributed by atoms with Crippen molar-refractivity contribution in [3.8, 4) is 0 Å². The highest BCUT2D eigenvalue weighted by molar-refractivity contribution is 6.42. The lowest BCUT2D eigenvalue weighted by atomic mass is 9.74. The van der Waals surface area contributed by atoms with E-state index >= 15 is 0 Å². The molecule has 1 rings (SSSR count). The number of halogens is 2. The molecule has 0 saturated carbocycles. The van der Waals surface area contributed by atoms with Crippen LogP contribution in [0.3, 0.4) is 0 Å². The van der Waals surface area contributed by atoms with Crippen LogP contribution in [0.4, 0.5) is 0 Å². The lowest BCUT2D eigenvalue weighted by Crippen LogP contribution is -2.42. The molecule has 3 nitrogen and oxygen atoms in total. The van der Waals surface area contributed by atoms with Crippen LogP contribution < -0.4 is 5.73 Å². The molecule has 0 radical (unpaired) electrons. The number of hydrogen-bond donors (Lipinski definition) is 2. The van der Waals surface area contributed by atoms with Crippen molar-refractivity contribution in [2.24, 2.45) is 5.73 Å². The third-order valence-corrected chi connectivity index (χ3v) is 3.84. The van der Waals surface area contributed by atoms with Crippen LogP contribution in [-0.2, 0) is 10.2 Å². The molecule has 2 atom stereocenters. The standard InChI is InChI=1S/C12H15Cl2NO2/c1-7(15)12(2,6-11(16)17)8-3-4-9(13)10(14)5-8/h3-5,7H,6,15H2,1-2H3,(H,16,17). The number of nitrogens with two attached hydrogens (primary N) is 1. The molecule has 0 amide bonds. The second-order valence-corrected chi connectivity index (χ2v) is 5.22. The first kappa shape index (κ1) is 14.3. The van der Waals surface area contributed by atoms with E-state index in [-0.39, 0.29) is 12.5 Å². The zero-order chi connectivity index (χ0) is 13.2. The zero-order valence-corrected chi connectivity index (χ0v) is 11.2. The summed E-state index contributed by atoms with van der Waals surface area (Å²) in [6.07, 6.45) is -0.0529. The first-order valence-electron chi connectivity index (χ1n) is 5.20. The average molecular weight is 276 g/mol. The Hall–Kier alpha value is -0.770. The third kappa shape index (κ3) is 3.12. The average Bonchev–Trinajstić information content (AvgIpc) is 2.20. The maximum atomic E-state index is 10.9. The van der Waals surface area contributed by atoms with Gasteiger partial charge in [0.25, 0.3) is 0 Å². The summed E-state index contributed by atoms with van der Waals surface area (Å²) in [7, 11) is 0. The summed E-state index contributed by atoms with van der Waals surface area (Å²) in [5, 5.41) is 9.82. The van der Waals surface area contributed by atoms with Crippen LogP contribution in [0.25, 0.3) is 0 Å². The van der Waals surface area contributed by atoms with Gasteiger partial charge in [0.05, 0.1) is 16.5 Å². The number of hydrogen-bond acceptors (Lipinski definition) is 2. The van der Waals surface area contributed by atoms with Crippen molar-refractivity contribution in [1.29, 1.82) is 0 Å². The molecule has 3 N–H and O–H groups in total. The SMILES string of the molecule is CC(N)C(C)(CC(=O)O)c1ccc(Cl)c(Cl)c1. The van der Waals surface area contributed by atoms with Gasteiger partial charge < -0.3 is 10.8 Å². The van der Waals surface area contributed by atoms with Gasteiger partial charge in [0.1, 0.15) is 0 Å². The molecule has 0 saturated heterocycles. The van der Waals surface area contributed by atoms with Crippen molar-refractivity contribution in [2.45, 2.75) is 31.7 Å². The van der Waals surface area contributed by atoms with E-state index in [1.165, 1.54) is 0 Å². The highest BCUT2D eigenvalue weighted by Crippen LogP contribution is 2.34. The summed E-state index contributed by atoms with van der Waals surface area (Å²) < 4.78 is 0. The summed E-state index contributed by atoms with van der Waals surface area (Å²) in [6.45, 7) is 3.59. The summed E-state index contributed by atoms with van der Waals surface area (Å²) in [6, 6.07) is 4.79. The number of carboxylic acids is 1. The van der Waals surface area contributed by atoms with Crippen molar-refractivity contribution >= 4 is 29.2 Å². The van der Waals surface area contributed by atoms with Gasteiger partial charge in [-0.3, -0.25) is 4.79 Å². The predicted octanol–water partition coefficient (Wildman–Crippen LogP) is 3.07. The monoisotopic (exact) mass is 275 g/mol. The smallest absolute Gasteiger partial charge is 0.304 e. The van der Waals surface area contributed by atoms with E-state index in [2.05, 4.69) is 0 Å². The topological polar surface area (TPSA) is 63.3 Å². The molecule has 1 aromatic rings. The molecule has 0 heterocycles. The highest BCUT2D eigenvalue weighted by atomic mass is 35.5. The number of rotatable bonds is 4. The van der Waals surface area contributed by atoms with Gasteiger partial charge in [-0.25, -0.2) is 0 Å². The van der Waals surface area contributed by atoms with E-state index in [0.29, 0.717) is 10.0 Å². The summed E-state index contributed by atoms with van der Waals surface area (Å²) in [4.78, 5) is 10.9. The summed E-state index contributed by atoms with van der Waals surface area (Å²) >= 11 is 11.8. The minimum absolute atomic E-state index is 0.0529. The molecular weight excluding hydrogens is 261 g/mol. The van der Waals surface area contributed by atoms with Crippen LogP contribution in [0.1, 0.15) is 25.8 Å². The molecule has 0 aliphatic carbocycles. The van der Waals surface area contributed by atoms with Crippen LogP contribution >= 0.6 is 23.2 Å². The fourth-order valence-corrected chi connectivity index (χ4v) is 1.99. The Bertz CT molecular complexity index is 435. The fourth-order valence-electron chi connectivity index (χ4n) is 1.69. The van der Waals surface area contributed by atoms with E-state index < -0.39 is 11.4 Å². The predicted molar refractivity (Wildman–Crippen MR) is 69.7 cm³/mol. The summed E-state index contributed by atoms with van der Waals surface area (Å²) in [5.74, 6) is -0.893. The van der Waals surface area contributed by atoms with Gasteiger partial charge in [-0.1, -0.05) is 36.2 Å². The molecule has 0 aliphatic rings. The Balaban J connectivity index is 3.22. The number of carboxylic acid groups (broad SMARTS) is 1. The molecular formula is C12H15Cl2NO2. The molecule has 17 heavy (non-hydrogen) atoms. The van der Waals surface area contributed by atoms with Crippen molar-refractivity contribution in [1.82, 2.24) is 0 Å². The molecule has 94 valence electrons. The van der Waals surface area contributed by atoms with Gasteiger partial charge in [-0.05, 0) is 24.6 Å². The fraction of sp³-hybridized carbons (Fsp3) is 0.417. The van der Waals surface area contributed by atoms with E-state index in [9.17, 15) is 4.79 Å². The van der Waals surface area contributed by atoms with Crippen LogP contribution in [0.2, 0.25) is 10.0 Å². The molecule has 0 aliphatic heterocycles. The number of aliphatic carboxylic acids is 1. The zero-order valence-electron chi connectivity index (χ0n) is 9.71. The molecule has 0 fully saturated rings. The van der Waals surface area contributed by atoms with Crippen LogP contribution in [0.15, 0.2) is 18.2 Å². The van der Waals surface area contributed by atoms with Crippen molar-refractivity contribution in [3.05, 3.63) is 33.8 Å². The molecule has 2 unspecified atom stereocenters.